The minimum Gasteiger partial charge on any atom is -0.235 e. The van der Waals surface area contributed by atoms with Crippen LogP contribution in [0.3, 0.4) is 0 Å². The van der Waals surface area contributed by atoms with Gasteiger partial charge in [-0.05, 0) is 0 Å². The zero-order valence-corrected chi connectivity index (χ0v) is 8.67. The van der Waals surface area contributed by atoms with Crippen LogP contribution in [-0.4, -0.2) is 0 Å². The minimum absolute atomic E-state index is 0.212. The lowest BCUT2D eigenvalue weighted by Crippen LogP contribution is -1.88. The standard InChI is InChI=1S/C8Cl3FN2/c1-14-8-4(9)3(2-13)7(12)5(10)6(8)11. The number of halogens is 4. The number of hydrogen-bond donors (Lipinski definition) is 0. The van der Waals surface area contributed by atoms with Crippen LogP contribution >= 0.6 is 34.8 Å². The van der Waals surface area contributed by atoms with Crippen molar-refractivity contribution in [1.82, 2.24) is 0 Å². The molecule has 0 amide bonds. The lowest BCUT2D eigenvalue weighted by Gasteiger charge is -2.05. The van der Waals surface area contributed by atoms with Gasteiger partial charge < -0.3 is 0 Å². The van der Waals surface area contributed by atoms with Gasteiger partial charge in [0.15, 0.2) is 5.82 Å². The lowest BCUT2D eigenvalue weighted by molar-refractivity contribution is 0.625. The van der Waals surface area contributed by atoms with Crippen LogP contribution in [0.4, 0.5) is 10.1 Å². The van der Waals surface area contributed by atoms with Gasteiger partial charge in [-0.1, -0.05) is 34.8 Å². The predicted molar refractivity (Wildman–Crippen MR) is 52.4 cm³/mol. The first-order valence-electron chi connectivity index (χ1n) is 3.18. The summed E-state index contributed by atoms with van der Waals surface area (Å²) in [5.74, 6) is -1.00. The normalized spacial score (nSPS) is 9.29. The molecule has 6 heteroatoms. The number of benzene rings is 1. The first-order valence-corrected chi connectivity index (χ1v) is 4.31. The molecular formula is C8Cl3FN2. The number of hydrogen-bond acceptors (Lipinski definition) is 1. The SMILES string of the molecule is [C-]#[N+]c1c(Cl)c(Cl)c(F)c(C#N)c1Cl. The van der Waals surface area contributed by atoms with E-state index in [9.17, 15) is 4.39 Å². The fraction of sp³-hybridized carbons (Fsp3) is 0. The molecule has 0 aliphatic heterocycles. The molecule has 0 aliphatic rings. The van der Waals surface area contributed by atoms with E-state index in [2.05, 4.69) is 4.85 Å². The van der Waals surface area contributed by atoms with Crippen LogP contribution in [0, 0.1) is 23.7 Å². The second-order valence-electron chi connectivity index (χ2n) is 2.20. The number of nitriles is 1. The molecule has 0 saturated heterocycles. The molecule has 0 radical (unpaired) electrons. The molecule has 0 aromatic heterocycles. The van der Waals surface area contributed by atoms with E-state index >= 15 is 0 Å². The topological polar surface area (TPSA) is 28.1 Å². The van der Waals surface area contributed by atoms with E-state index in [0.29, 0.717) is 0 Å². The van der Waals surface area contributed by atoms with Gasteiger partial charge in [0, 0.05) is 0 Å². The summed E-state index contributed by atoms with van der Waals surface area (Å²) in [4.78, 5) is 2.96. The first kappa shape index (κ1) is 11.1. The highest BCUT2D eigenvalue weighted by molar-refractivity contribution is 6.46. The largest absolute Gasteiger partial charge is 0.235 e. The van der Waals surface area contributed by atoms with E-state index in [4.69, 9.17) is 46.6 Å². The average Bonchev–Trinajstić information content (AvgIpc) is 2.16. The van der Waals surface area contributed by atoms with Crippen molar-refractivity contribution in [2.24, 2.45) is 0 Å². The zero-order valence-electron chi connectivity index (χ0n) is 6.41. The van der Waals surface area contributed by atoms with Crippen molar-refractivity contribution in [3.05, 3.63) is 37.9 Å². The third kappa shape index (κ3) is 1.51. The van der Waals surface area contributed by atoms with E-state index in [1.807, 2.05) is 0 Å². The summed E-state index contributed by atoms with van der Waals surface area (Å²) in [7, 11) is 0. The number of rotatable bonds is 0. The van der Waals surface area contributed by atoms with Crippen molar-refractivity contribution in [1.29, 1.82) is 5.26 Å². The van der Waals surface area contributed by atoms with Crippen LogP contribution < -0.4 is 0 Å². The van der Waals surface area contributed by atoms with Crippen molar-refractivity contribution in [3.63, 3.8) is 0 Å². The molecule has 0 aliphatic carbocycles. The maximum atomic E-state index is 13.2. The van der Waals surface area contributed by atoms with Crippen molar-refractivity contribution in [2.45, 2.75) is 0 Å². The Bertz CT molecular complexity index is 444. The van der Waals surface area contributed by atoms with Crippen LogP contribution in [0.2, 0.25) is 15.1 Å². The summed E-state index contributed by atoms with van der Waals surface area (Å²) in [6.45, 7) is 6.73. The molecule has 1 aromatic rings. The zero-order chi connectivity index (χ0) is 10.9. The highest BCUT2D eigenvalue weighted by Crippen LogP contribution is 2.42. The third-order valence-corrected chi connectivity index (χ3v) is 2.65. The van der Waals surface area contributed by atoms with Gasteiger partial charge in [0.1, 0.15) is 6.07 Å². The Hall–Kier alpha value is -1.00. The molecule has 0 N–H and O–H groups in total. The summed E-state index contributed by atoms with van der Waals surface area (Å²) in [5.41, 5.74) is -0.677. The molecule has 0 heterocycles. The average molecular weight is 249 g/mol. The molecule has 0 saturated carbocycles. The van der Waals surface area contributed by atoms with Gasteiger partial charge in [-0.3, -0.25) is 0 Å². The van der Waals surface area contributed by atoms with Gasteiger partial charge >= 0.3 is 0 Å². The van der Waals surface area contributed by atoms with Crippen LogP contribution in [0.25, 0.3) is 4.85 Å². The molecule has 0 bridgehead atoms. The van der Waals surface area contributed by atoms with Gasteiger partial charge in [0.2, 0.25) is 5.69 Å². The maximum Gasteiger partial charge on any atom is 0.226 e. The molecule has 0 spiro atoms. The summed E-state index contributed by atoms with van der Waals surface area (Å²) >= 11 is 16.6. The molecular weight excluding hydrogens is 249 g/mol. The van der Waals surface area contributed by atoms with E-state index < -0.39 is 16.4 Å². The summed E-state index contributed by atoms with van der Waals surface area (Å²) in [6, 6.07) is 1.51. The molecule has 70 valence electrons. The van der Waals surface area contributed by atoms with Gasteiger partial charge in [-0.25, -0.2) is 9.24 Å². The van der Waals surface area contributed by atoms with E-state index in [0.717, 1.165) is 0 Å². The van der Waals surface area contributed by atoms with E-state index in [1.54, 1.807) is 0 Å². The Morgan fingerprint density at radius 3 is 2.21 bits per heavy atom. The molecule has 2 nitrogen and oxygen atoms in total. The highest BCUT2D eigenvalue weighted by atomic mass is 35.5. The second kappa shape index (κ2) is 4.02. The van der Waals surface area contributed by atoms with Crippen molar-refractivity contribution in [2.75, 3.05) is 0 Å². The Morgan fingerprint density at radius 2 is 1.79 bits per heavy atom. The quantitative estimate of drug-likeness (QED) is 0.384. The van der Waals surface area contributed by atoms with Crippen molar-refractivity contribution >= 4 is 40.5 Å². The first-order chi connectivity index (χ1) is 6.54. The lowest BCUT2D eigenvalue weighted by atomic mass is 10.2. The number of nitrogens with zero attached hydrogens (tertiary/aromatic N) is 2. The fourth-order valence-corrected chi connectivity index (χ4v) is 1.53. The summed E-state index contributed by atoms with van der Waals surface area (Å²) < 4.78 is 13.2. The fourth-order valence-electron chi connectivity index (χ4n) is 0.817. The molecule has 0 atom stereocenters. The van der Waals surface area contributed by atoms with Crippen LogP contribution in [0.1, 0.15) is 5.56 Å². The van der Waals surface area contributed by atoms with Crippen LogP contribution in [0.15, 0.2) is 0 Å². The van der Waals surface area contributed by atoms with Crippen LogP contribution in [0.5, 0.6) is 0 Å². The molecule has 14 heavy (non-hydrogen) atoms. The smallest absolute Gasteiger partial charge is 0.226 e. The maximum absolute atomic E-state index is 13.2. The molecule has 0 fully saturated rings. The van der Waals surface area contributed by atoms with Gasteiger partial charge in [0.25, 0.3) is 0 Å². The molecule has 1 aromatic carbocycles. The Balaban J connectivity index is 3.78. The summed E-state index contributed by atoms with van der Waals surface area (Å²) in [5, 5.41) is 7.51. The predicted octanol–water partition coefficient (Wildman–Crippen LogP) is 4.21. The van der Waals surface area contributed by atoms with Gasteiger partial charge in [0.05, 0.1) is 27.2 Å². The summed E-state index contributed by atoms with van der Waals surface area (Å²) in [6.07, 6.45) is 0. The van der Waals surface area contributed by atoms with E-state index in [1.165, 1.54) is 6.07 Å². The Labute approximate surface area is 94.2 Å². The monoisotopic (exact) mass is 248 g/mol. The van der Waals surface area contributed by atoms with Crippen molar-refractivity contribution < 1.29 is 4.39 Å². The molecule has 1 rings (SSSR count). The van der Waals surface area contributed by atoms with Crippen molar-refractivity contribution in [3.8, 4) is 6.07 Å². The Morgan fingerprint density at radius 1 is 1.21 bits per heavy atom. The Kier molecular flexibility index (Phi) is 3.18. The third-order valence-electron chi connectivity index (χ3n) is 1.46. The molecule has 0 unspecified atom stereocenters. The highest BCUT2D eigenvalue weighted by Gasteiger charge is 2.21. The van der Waals surface area contributed by atoms with Crippen LogP contribution in [-0.2, 0) is 0 Å². The van der Waals surface area contributed by atoms with Gasteiger partial charge in [-0.15, -0.1) is 0 Å². The van der Waals surface area contributed by atoms with Gasteiger partial charge in [-0.2, -0.15) is 5.26 Å². The minimum atomic E-state index is -1.00. The second-order valence-corrected chi connectivity index (χ2v) is 3.34. The van der Waals surface area contributed by atoms with E-state index in [-0.39, 0.29) is 15.7 Å².